The summed E-state index contributed by atoms with van der Waals surface area (Å²) in [6.45, 7) is 2.56. The highest BCUT2D eigenvalue weighted by Gasteiger charge is 2.38. The van der Waals surface area contributed by atoms with E-state index < -0.39 is 18.5 Å². The molecule has 0 saturated heterocycles. The molecule has 184 valence electrons. The molecule has 4 nitrogen and oxygen atoms in total. The maximum absolute atomic E-state index is 14.2. The Balaban J connectivity index is 2.10. The standard InChI is InChI=1S/C31H31O4P/c1-31(2,3)35-30(33)29(28(32)22-21-24-14-13-23-34-24)36(25-15-7-4-8-16-25,26-17-9-5-10-18-26)27-19-11-6-12-20-27/h4-20,23H,21-22H2,1-3H3. The Labute approximate surface area is 212 Å². The van der Waals surface area contributed by atoms with E-state index in [0.717, 1.165) is 15.9 Å². The monoisotopic (exact) mass is 498 g/mol. The Kier molecular flexibility index (Phi) is 7.76. The van der Waals surface area contributed by atoms with E-state index in [0.29, 0.717) is 12.2 Å². The zero-order valence-electron chi connectivity index (χ0n) is 20.9. The van der Waals surface area contributed by atoms with Crippen molar-refractivity contribution >= 4 is 39.8 Å². The van der Waals surface area contributed by atoms with Crippen LogP contribution in [0, 0.1) is 0 Å². The number of esters is 1. The molecule has 0 N–H and O–H groups in total. The molecule has 4 rings (SSSR count). The maximum atomic E-state index is 14.2. The van der Waals surface area contributed by atoms with Crippen LogP contribution >= 0.6 is 6.89 Å². The molecule has 0 aliphatic heterocycles. The number of carbonyl (C=O) groups is 2. The third-order valence-corrected chi connectivity index (χ3v) is 10.1. The van der Waals surface area contributed by atoms with Gasteiger partial charge in [-0.25, -0.2) is 4.79 Å². The summed E-state index contributed by atoms with van der Waals surface area (Å²) in [5.41, 5.74) is -0.761. The first-order valence-electron chi connectivity index (χ1n) is 12.0. The van der Waals surface area contributed by atoms with Crippen molar-refractivity contribution in [1.82, 2.24) is 0 Å². The Bertz CT molecular complexity index is 1250. The van der Waals surface area contributed by atoms with E-state index in [1.807, 2.05) is 118 Å². The van der Waals surface area contributed by atoms with Gasteiger partial charge in [-0.15, -0.1) is 0 Å². The van der Waals surface area contributed by atoms with E-state index in [4.69, 9.17) is 9.15 Å². The summed E-state index contributed by atoms with van der Waals surface area (Å²) in [6.07, 6.45) is 2.13. The smallest absolute Gasteiger partial charge is 0.343 e. The lowest BCUT2D eigenvalue weighted by atomic mass is 10.1. The molecule has 0 atom stereocenters. The van der Waals surface area contributed by atoms with Gasteiger partial charge >= 0.3 is 5.97 Å². The zero-order chi connectivity index (χ0) is 25.6. The van der Waals surface area contributed by atoms with Crippen LogP contribution in [0.4, 0.5) is 0 Å². The van der Waals surface area contributed by atoms with Crippen LogP contribution in [0.2, 0.25) is 0 Å². The van der Waals surface area contributed by atoms with Gasteiger partial charge in [0, 0.05) is 12.8 Å². The van der Waals surface area contributed by atoms with E-state index in [2.05, 4.69) is 0 Å². The Morgan fingerprint density at radius 1 is 0.722 bits per heavy atom. The van der Waals surface area contributed by atoms with Gasteiger partial charge in [-0.2, -0.15) is 0 Å². The minimum atomic E-state index is -2.91. The van der Waals surface area contributed by atoms with Gasteiger partial charge in [-0.1, -0.05) is 91.0 Å². The van der Waals surface area contributed by atoms with Crippen molar-refractivity contribution in [3.8, 4) is 0 Å². The highest BCUT2D eigenvalue weighted by molar-refractivity contribution is 7.97. The molecule has 1 aromatic heterocycles. The summed E-state index contributed by atoms with van der Waals surface area (Å²) < 4.78 is 11.4. The van der Waals surface area contributed by atoms with E-state index in [1.165, 1.54) is 0 Å². The van der Waals surface area contributed by atoms with Gasteiger partial charge in [-0.3, -0.25) is 4.79 Å². The molecule has 0 bridgehead atoms. The predicted octanol–water partition coefficient (Wildman–Crippen LogP) is 5.29. The SMILES string of the molecule is CC(C)(C)OC(=O)C(C(=O)CCc1ccco1)=P(c1ccccc1)(c1ccccc1)c1ccccc1. The largest absolute Gasteiger partial charge is 0.469 e. The fourth-order valence-electron chi connectivity index (χ4n) is 4.36. The summed E-state index contributed by atoms with van der Waals surface area (Å²) >= 11 is 0. The number of aryl methyl sites for hydroxylation is 1. The first kappa shape index (κ1) is 25.5. The number of hydrogen-bond donors (Lipinski definition) is 0. The third-order valence-electron chi connectivity index (χ3n) is 5.80. The average molecular weight is 499 g/mol. The number of Topliss-reactive ketones (excluding diaryl/α,β-unsaturated/α-hetero) is 1. The Morgan fingerprint density at radius 3 is 1.58 bits per heavy atom. The van der Waals surface area contributed by atoms with E-state index >= 15 is 0 Å². The zero-order valence-corrected chi connectivity index (χ0v) is 21.8. The van der Waals surface area contributed by atoms with Crippen LogP contribution in [-0.4, -0.2) is 22.6 Å². The topological polar surface area (TPSA) is 56.5 Å². The second-order valence-corrected chi connectivity index (χ2v) is 12.9. The molecule has 1 heterocycles. The second-order valence-electron chi connectivity index (χ2n) is 9.53. The molecule has 0 radical (unpaired) electrons. The normalized spacial score (nSPS) is 11.6. The van der Waals surface area contributed by atoms with Crippen LogP contribution in [0.25, 0.3) is 0 Å². The fraction of sp³-hybridized carbons (Fsp3) is 0.194. The van der Waals surface area contributed by atoms with Crippen LogP contribution in [0.15, 0.2) is 114 Å². The summed E-state index contributed by atoms with van der Waals surface area (Å²) in [7, 11) is 0. The Hall–Kier alpha value is -3.62. The molecular formula is C31H31O4P. The molecule has 36 heavy (non-hydrogen) atoms. The van der Waals surface area contributed by atoms with Crippen molar-refractivity contribution in [1.29, 1.82) is 0 Å². The molecule has 0 spiro atoms. The van der Waals surface area contributed by atoms with Gasteiger partial charge in [0.2, 0.25) is 0 Å². The molecule has 5 heteroatoms. The van der Waals surface area contributed by atoms with E-state index in [-0.39, 0.29) is 17.5 Å². The number of ether oxygens (including phenoxy) is 1. The van der Waals surface area contributed by atoms with Crippen LogP contribution in [-0.2, 0) is 20.7 Å². The molecule has 0 unspecified atom stereocenters. The number of rotatable bonds is 8. The van der Waals surface area contributed by atoms with Crippen LogP contribution in [0.3, 0.4) is 0 Å². The maximum Gasteiger partial charge on any atom is 0.343 e. The van der Waals surface area contributed by atoms with Crippen LogP contribution in [0.5, 0.6) is 0 Å². The number of benzene rings is 3. The number of hydrogen-bond acceptors (Lipinski definition) is 4. The van der Waals surface area contributed by atoms with Crippen molar-refractivity contribution in [2.75, 3.05) is 0 Å². The number of furan rings is 1. The number of ketones is 1. The molecule has 0 amide bonds. The molecular weight excluding hydrogens is 467 g/mol. The van der Waals surface area contributed by atoms with Gasteiger partial charge in [-0.05, 0) is 55.7 Å². The fourth-order valence-corrected chi connectivity index (χ4v) is 8.70. The average Bonchev–Trinajstić information content (AvgIpc) is 3.40. The van der Waals surface area contributed by atoms with Gasteiger partial charge in [0.25, 0.3) is 0 Å². The minimum Gasteiger partial charge on any atom is -0.469 e. The molecule has 0 aliphatic carbocycles. The van der Waals surface area contributed by atoms with Crippen molar-refractivity contribution in [2.24, 2.45) is 0 Å². The summed E-state index contributed by atoms with van der Waals surface area (Å²) in [4.78, 5) is 28.2. The second kappa shape index (κ2) is 11.0. The van der Waals surface area contributed by atoms with Crippen LogP contribution in [0.1, 0.15) is 33.0 Å². The van der Waals surface area contributed by atoms with Crippen molar-refractivity contribution in [2.45, 2.75) is 39.2 Å². The van der Waals surface area contributed by atoms with E-state index in [1.54, 1.807) is 12.3 Å². The molecule has 0 aliphatic rings. The van der Waals surface area contributed by atoms with Gasteiger partial charge in [0.05, 0.1) is 6.26 Å². The quantitative estimate of drug-likeness (QED) is 0.188. The highest BCUT2D eigenvalue weighted by Crippen LogP contribution is 2.47. The molecule has 4 aromatic rings. The molecule has 0 fully saturated rings. The summed E-state index contributed by atoms with van der Waals surface area (Å²) in [5, 5.41) is 2.98. The summed E-state index contributed by atoms with van der Waals surface area (Å²) in [6, 6.07) is 33.3. The first-order valence-corrected chi connectivity index (χ1v) is 13.8. The third kappa shape index (κ3) is 5.45. The first-order chi connectivity index (χ1) is 17.3. The minimum absolute atomic E-state index is 0.135. The van der Waals surface area contributed by atoms with Crippen molar-refractivity contribution in [3.63, 3.8) is 0 Å². The lowest BCUT2D eigenvalue weighted by molar-refractivity contribution is -0.146. The molecule has 3 aromatic carbocycles. The summed E-state index contributed by atoms with van der Waals surface area (Å²) in [5.74, 6) is -0.0997. The Morgan fingerprint density at radius 2 is 1.19 bits per heavy atom. The predicted molar refractivity (Wildman–Crippen MR) is 148 cm³/mol. The lowest BCUT2D eigenvalue weighted by Crippen LogP contribution is -2.40. The van der Waals surface area contributed by atoms with Crippen molar-refractivity contribution < 1.29 is 18.7 Å². The van der Waals surface area contributed by atoms with Gasteiger partial charge in [0.15, 0.2) is 5.78 Å². The highest BCUT2D eigenvalue weighted by atomic mass is 31.2. The van der Waals surface area contributed by atoms with Gasteiger partial charge < -0.3 is 9.15 Å². The van der Waals surface area contributed by atoms with Crippen molar-refractivity contribution in [3.05, 3.63) is 115 Å². The lowest BCUT2D eigenvalue weighted by Gasteiger charge is -2.32. The van der Waals surface area contributed by atoms with E-state index in [9.17, 15) is 9.59 Å². The molecule has 0 saturated carbocycles. The van der Waals surface area contributed by atoms with Gasteiger partial charge in [0.1, 0.15) is 16.7 Å². The number of carbonyl (C=O) groups excluding carboxylic acids is 2. The van der Waals surface area contributed by atoms with Crippen LogP contribution < -0.4 is 15.9 Å².